The normalized spacial score (nSPS) is 22.3. The van der Waals surface area contributed by atoms with Crippen molar-refractivity contribution in [2.75, 3.05) is 39.9 Å². The van der Waals surface area contributed by atoms with E-state index in [-0.39, 0.29) is 36.2 Å². The van der Waals surface area contributed by atoms with Gasteiger partial charge in [0.25, 0.3) is 0 Å². The maximum absolute atomic E-state index is 14.0. The summed E-state index contributed by atoms with van der Waals surface area (Å²) in [4.78, 5) is 29.0. The van der Waals surface area contributed by atoms with Crippen molar-refractivity contribution in [1.29, 1.82) is 0 Å². The second kappa shape index (κ2) is 13.7. The Labute approximate surface area is 280 Å². The van der Waals surface area contributed by atoms with Gasteiger partial charge in [-0.15, -0.1) is 0 Å². The second-order valence-corrected chi connectivity index (χ2v) is 13.4. The number of primary amides is 1. The van der Waals surface area contributed by atoms with Gasteiger partial charge in [-0.2, -0.15) is 4.48 Å². The van der Waals surface area contributed by atoms with Crippen molar-refractivity contribution in [3.05, 3.63) is 82.4 Å². The molecule has 0 aromatic heterocycles. The lowest BCUT2D eigenvalue weighted by Crippen LogP contribution is -2.61. The molecule has 2 saturated heterocycles. The molecular formula is C36H43ClN3O7+. The monoisotopic (exact) mass is 664 g/mol. The van der Waals surface area contributed by atoms with Crippen LogP contribution < -0.4 is 24.7 Å². The molecule has 47 heavy (non-hydrogen) atoms. The Kier molecular flexibility index (Phi) is 9.66. The SMILES string of the molecule is COc1ccc(COc2ccc(C(=O)[N+]3(C(N)=O)CCC[C@H]3C)c(OC[C@@H](O)CN3CCC4(CC3)Cc3cc(Cl)ccc3O4)c2)cc1. The molecule has 3 amide bonds. The summed E-state index contributed by atoms with van der Waals surface area (Å²) in [5.41, 5.74) is 7.93. The lowest BCUT2D eigenvalue weighted by Gasteiger charge is -2.39. The summed E-state index contributed by atoms with van der Waals surface area (Å²) in [5, 5.41) is 11.8. The summed E-state index contributed by atoms with van der Waals surface area (Å²) in [7, 11) is 1.61. The van der Waals surface area contributed by atoms with E-state index in [4.69, 9.17) is 36.3 Å². The number of benzene rings is 3. The highest BCUT2D eigenvalue weighted by molar-refractivity contribution is 6.30. The third-order valence-corrected chi connectivity index (χ3v) is 10.2. The molecule has 0 bridgehead atoms. The fourth-order valence-corrected chi connectivity index (χ4v) is 7.35. The van der Waals surface area contributed by atoms with Crippen molar-refractivity contribution in [3.8, 4) is 23.0 Å². The van der Waals surface area contributed by atoms with Crippen molar-refractivity contribution in [3.63, 3.8) is 0 Å². The molecule has 3 atom stereocenters. The number of aliphatic hydroxyl groups excluding tert-OH is 1. The maximum atomic E-state index is 14.0. The van der Waals surface area contributed by atoms with Crippen molar-refractivity contribution in [2.24, 2.45) is 5.73 Å². The lowest BCUT2D eigenvalue weighted by atomic mass is 9.87. The van der Waals surface area contributed by atoms with E-state index >= 15 is 0 Å². The van der Waals surface area contributed by atoms with Crippen LogP contribution in [0.15, 0.2) is 60.7 Å². The minimum atomic E-state index is -0.818. The topological polar surface area (TPSA) is 121 Å². The highest BCUT2D eigenvalue weighted by atomic mass is 35.5. The fraction of sp³-hybridized carbons (Fsp3) is 0.444. The molecule has 250 valence electrons. The summed E-state index contributed by atoms with van der Waals surface area (Å²) >= 11 is 6.20. The standard InChI is InChI=1S/C36H42ClN3O7/c1-24-4-3-17-40(24,35(38)43)34(42)31-11-10-30(45-22-25-5-8-29(44-2)9-6-25)19-33(31)46-23-28(41)21-39-15-13-36(14-16-39)20-26-18-27(37)7-12-32(26)47-36/h5-12,18-19,24,28,41H,3-4,13-17,20-23H2,1-2H3,(H-,38,43)/p+1/t24-,28+,40?/m1/s1. The van der Waals surface area contributed by atoms with Crippen molar-refractivity contribution in [2.45, 2.75) is 63.4 Å². The van der Waals surface area contributed by atoms with Gasteiger partial charge in [0, 0.05) is 62.8 Å². The molecular weight excluding hydrogens is 622 g/mol. The average Bonchev–Trinajstić information content (AvgIpc) is 3.64. The van der Waals surface area contributed by atoms with Crippen LogP contribution in [-0.2, 0) is 13.0 Å². The quantitative estimate of drug-likeness (QED) is 0.278. The summed E-state index contributed by atoms with van der Waals surface area (Å²) in [6.07, 6.45) is 3.13. The van der Waals surface area contributed by atoms with Crippen LogP contribution in [0.2, 0.25) is 5.02 Å². The number of likely N-dealkylation sites (tertiary alicyclic amines) is 2. The van der Waals surface area contributed by atoms with Gasteiger partial charge in [0.1, 0.15) is 59.5 Å². The smallest absolute Gasteiger partial charge is 0.421 e. The zero-order valence-electron chi connectivity index (χ0n) is 27.0. The fourth-order valence-electron chi connectivity index (χ4n) is 7.16. The van der Waals surface area contributed by atoms with Gasteiger partial charge in [0.2, 0.25) is 0 Å². The average molecular weight is 665 g/mol. The van der Waals surface area contributed by atoms with Crippen LogP contribution in [0, 0.1) is 0 Å². The highest BCUT2D eigenvalue weighted by Gasteiger charge is 2.52. The number of carbonyl (C=O) groups excluding carboxylic acids is 2. The molecule has 6 rings (SSSR count). The van der Waals surface area contributed by atoms with Crippen LogP contribution in [0.25, 0.3) is 0 Å². The molecule has 0 aliphatic carbocycles. The molecule has 1 spiro atoms. The summed E-state index contributed by atoms with van der Waals surface area (Å²) in [5.74, 6) is 1.98. The molecule has 0 radical (unpaired) electrons. The molecule has 10 nitrogen and oxygen atoms in total. The summed E-state index contributed by atoms with van der Waals surface area (Å²) in [6, 6.07) is 17.4. The predicted molar refractivity (Wildman–Crippen MR) is 177 cm³/mol. The van der Waals surface area contributed by atoms with Gasteiger partial charge < -0.3 is 34.7 Å². The maximum Gasteiger partial charge on any atom is 0.421 e. The van der Waals surface area contributed by atoms with Gasteiger partial charge in [0.15, 0.2) is 0 Å². The van der Waals surface area contributed by atoms with Crippen LogP contribution in [0.1, 0.15) is 54.1 Å². The van der Waals surface area contributed by atoms with Crippen molar-refractivity contribution in [1.82, 2.24) is 4.90 Å². The molecule has 3 aromatic rings. The van der Waals surface area contributed by atoms with Crippen LogP contribution in [-0.4, -0.2) is 84.1 Å². The number of aliphatic hydroxyl groups is 1. The molecule has 2 fully saturated rings. The Morgan fingerprint density at radius 1 is 1.09 bits per heavy atom. The molecule has 3 N–H and O–H groups in total. The zero-order valence-corrected chi connectivity index (χ0v) is 27.7. The molecule has 1 unspecified atom stereocenters. The number of ether oxygens (including phenoxy) is 4. The molecule has 11 heteroatoms. The van der Waals surface area contributed by atoms with Crippen LogP contribution in [0.4, 0.5) is 4.79 Å². The first-order valence-corrected chi connectivity index (χ1v) is 16.6. The number of β-amino-alcohol motifs (C(OH)–C–C–N with tert-alkyl or cyclic N) is 1. The van der Waals surface area contributed by atoms with E-state index in [9.17, 15) is 14.7 Å². The first-order valence-electron chi connectivity index (χ1n) is 16.2. The Morgan fingerprint density at radius 2 is 1.83 bits per heavy atom. The largest absolute Gasteiger partial charge is 0.497 e. The Hall–Kier alpha value is -3.83. The number of amides is 3. The van der Waals surface area contributed by atoms with Crippen LogP contribution >= 0.6 is 11.6 Å². The highest BCUT2D eigenvalue weighted by Crippen LogP contribution is 2.42. The number of quaternary nitrogens is 1. The van der Waals surface area contributed by atoms with E-state index in [0.29, 0.717) is 30.3 Å². The number of rotatable bonds is 10. The first-order chi connectivity index (χ1) is 22.6. The zero-order chi connectivity index (χ0) is 33.2. The minimum absolute atomic E-state index is 0.0452. The first kappa shape index (κ1) is 33.1. The Balaban J connectivity index is 1.12. The number of methoxy groups -OCH3 is 1. The Bertz CT molecular complexity index is 1610. The predicted octanol–water partition coefficient (Wildman–Crippen LogP) is 5.36. The number of hydrogen-bond acceptors (Lipinski definition) is 8. The number of hydrogen-bond donors (Lipinski definition) is 2. The van der Waals surface area contributed by atoms with Crippen LogP contribution in [0.3, 0.4) is 0 Å². The third-order valence-electron chi connectivity index (χ3n) is 9.92. The molecule has 3 aromatic carbocycles. The van der Waals surface area contributed by atoms with E-state index in [1.807, 2.05) is 49.4 Å². The van der Waals surface area contributed by atoms with Gasteiger partial charge in [-0.25, -0.2) is 9.59 Å². The number of halogens is 1. The van der Waals surface area contributed by atoms with Gasteiger partial charge in [-0.05, 0) is 60.5 Å². The minimum Gasteiger partial charge on any atom is -0.497 e. The van der Waals surface area contributed by atoms with Gasteiger partial charge >= 0.3 is 11.9 Å². The molecule has 3 heterocycles. The Morgan fingerprint density at radius 3 is 2.51 bits per heavy atom. The number of carbonyl (C=O) groups is 2. The summed E-state index contributed by atoms with van der Waals surface area (Å²) in [6.45, 7) is 4.41. The van der Waals surface area contributed by atoms with E-state index < -0.39 is 22.5 Å². The number of nitrogens with zero attached hydrogens (tertiary/aromatic N) is 2. The number of urea groups is 1. The molecule has 0 saturated carbocycles. The van der Waals surface area contributed by atoms with Crippen molar-refractivity contribution >= 4 is 23.5 Å². The number of nitrogens with two attached hydrogens (primary N) is 1. The van der Waals surface area contributed by atoms with E-state index in [0.717, 1.165) is 61.4 Å². The lowest BCUT2D eigenvalue weighted by molar-refractivity contribution is -0.776. The van der Waals surface area contributed by atoms with Crippen LogP contribution in [0.5, 0.6) is 23.0 Å². The summed E-state index contributed by atoms with van der Waals surface area (Å²) < 4.78 is 23.3. The van der Waals surface area contributed by atoms with Gasteiger partial charge in [-0.3, -0.25) is 0 Å². The molecule has 3 aliphatic heterocycles. The van der Waals surface area contributed by atoms with E-state index in [1.165, 1.54) is 0 Å². The number of imide groups is 1. The van der Waals surface area contributed by atoms with E-state index in [2.05, 4.69) is 4.90 Å². The number of piperidine rings is 1. The van der Waals surface area contributed by atoms with Gasteiger partial charge in [0.05, 0.1) is 13.7 Å². The molecule has 3 aliphatic rings. The van der Waals surface area contributed by atoms with Crippen molar-refractivity contribution < 1.29 is 38.1 Å². The third kappa shape index (κ3) is 6.92. The second-order valence-electron chi connectivity index (χ2n) is 13.0. The van der Waals surface area contributed by atoms with Gasteiger partial charge in [-0.1, -0.05) is 23.7 Å². The van der Waals surface area contributed by atoms with E-state index in [1.54, 1.807) is 25.3 Å². The number of fused-ring (bicyclic) bond motifs is 1.